The highest BCUT2D eigenvalue weighted by molar-refractivity contribution is 6.31. The summed E-state index contributed by atoms with van der Waals surface area (Å²) in [6.07, 6.45) is 3.10. The second-order valence-corrected chi connectivity index (χ2v) is 6.07. The van der Waals surface area contributed by atoms with Crippen molar-refractivity contribution in [3.8, 4) is 0 Å². The Labute approximate surface area is 142 Å². The first-order valence-corrected chi connectivity index (χ1v) is 8.01. The Morgan fingerprint density at radius 3 is 2.86 bits per heavy atom. The van der Waals surface area contributed by atoms with Gasteiger partial charge in [0, 0.05) is 17.1 Å². The highest BCUT2D eigenvalue weighted by Crippen LogP contribution is 2.28. The number of nitrogens with zero attached hydrogens (tertiary/aromatic N) is 1. The first kappa shape index (κ1) is 17.5. The smallest absolute Gasteiger partial charge is 0.239 e. The van der Waals surface area contributed by atoms with Crippen LogP contribution in [0.5, 0.6) is 0 Å². The van der Waals surface area contributed by atoms with Crippen LogP contribution in [-0.2, 0) is 9.53 Å². The molecule has 2 aliphatic rings. The second kappa shape index (κ2) is 8.16. The Morgan fingerprint density at radius 2 is 2.14 bits per heavy atom. The van der Waals surface area contributed by atoms with Gasteiger partial charge in [-0.3, -0.25) is 4.79 Å². The number of amides is 1. The molecule has 0 aromatic heterocycles. The summed E-state index contributed by atoms with van der Waals surface area (Å²) in [5.74, 6) is 0.204. The molecule has 2 saturated heterocycles. The Balaban J connectivity index is 0.00000176. The van der Waals surface area contributed by atoms with Crippen molar-refractivity contribution in [1.29, 1.82) is 0 Å². The molecular weight excluding hydrogens is 323 g/mol. The topological polar surface area (TPSA) is 41.6 Å². The first-order chi connectivity index (χ1) is 10.3. The Bertz CT molecular complexity index is 507. The van der Waals surface area contributed by atoms with E-state index < -0.39 is 0 Å². The largest absolute Gasteiger partial charge is 0.370 e. The molecule has 1 aromatic carbocycles. The zero-order valence-corrected chi connectivity index (χ0v) is 14.0. The molecule has 22 heavy (non-hydrogen) atoms. The van der Waals surface area contributed by atoms with Crippen LogP contribution in [0.15, 0.2) is 24.3 Å². The lowest BCUT2D eigenvalue weighted by atomic mass is 10.0. The normalized spacial score (nSPS) is 25.4. The highest BCUT2D eigenvalue weighted by atomic mass is 35.5. The quantitative estimate of drug-likeness (QED) is 0.896. The van der Waals surface area contributed by atoms with E-state index in [1.807, 2.05) is 29.2 Å². The fraction of sp³-hybridized carbons (Fsp3) is 0.562. The number of piperidine rings is 1. The minimum absolute atomic E-state index is 0. The maximum atomic E-state index is 12.6. The van der Waals surface area contributed by atoms with Gasteiger partial charge in [0.2, 0.25) is 5.91 Å². The lowest BCUT2D eigenvalue weighted by Crippen LogP contribution is -2.52. The molecule has 1 aromatic rings. The van der Waals surface area contributed by atoms with Crippen LogP contribution in [0.4, 0.5) is 0 Å². The van der Waals surface area contributed by atoms with Crippen molar-refractivity contribution in [2.24, 2.45) is 0 Å². The van der Waals surface area contributed by atoms with Crippen molar-refractivity contribution in [3.05, 3.63) is 34.9 Å². The van der Waals surface area contributed by atoms with Gasteiger partial charge in [0.05, 0.1) is 19.2 Å². The number of carbonyl (C=O) groups is 1. The summed E-state index contributed by atoms with van der Waals surface area (Å²) < 4.78 is 5.81. The van der Waals surface area contributed by atoms with Crippen molar-refractivity contribution in [2.75, 3.05) is 26.2 Å². The summed E-state index contributed by atoms with van der Waals surface area (Å²) in [4.78, 5) is 14.5. The molecule has 0 saturated carbocycles. The molecule has 1 N–H and O–H groups in total. The number of carbonyl (C=O) groups excluding carboxylic acids is 1. The minimum atomic E-state index is -0.125. The van der Waals surface area contributed by atoms with Gasteiger partial charge in [-0.05, 0) is 25.5 Å². The van der Waals surface area contributed by atoms with Gasteiger partial charge in [-0.2, -0.15) is 0 Å². The Hall–Kier alpha value is -0.810. The molecule has 1 amide bonds. The third-order valence-corrected chi connectivity index (χ3v) is 4.58. The molecule has 0 bridgehead atoms. The number of hydrogen-bond donors (Lipinski definition) is 1. The van der Waals surface area contributed by atoms with Gasteiger partial charge < -0.3 is 15.0 Å². The molecule has 0 aliphatic carbocycles. The van der Waals surface area contributed by atoms with Crippen LogP contribution >= 0.6 is 24.0 Å². The molecule has 4 nitrogen and oxygen atoms in total. The van der Waals surface area contributed by atoms with Crippen LogP contribution in [0.25, 0.3) is 0 Å². The lowest BCUT2D eigenvalue weighted by molar-refractivity contribution is -0.141. The van der Waals surface area contributed by atoms with Crippen molar-refractivity contribution >= 4 is 29.9 Å². The van der Waals surface area contributed by atoms with E-state index in [9.17, 15) is 4.79 Å². The molecule has 2 aliphatic heterocycles. The molecule has 0 radical (unpaired) electrons. The minimum Gasteiger partial charge on any atom is -0.370 e. The average Bonchev–Trinajstić information content (AvgIpc) is 2.55. The van der Waals surface area contributed by atoms with Crippen LogP contribution in [0, 0.1) is 0 Å². The molecular formula is C16H22Cl2N2O2. The number of benzene rings is 1. The molecule has 2 fully saturated rings. The maximum absolute atomic E-state index is 12.6. The summed E-state index contributed by atoms with van der Waals surface area (Å²) in [6, 6.07) is 7.67. The Morgan fingerprint density at radius 1 is 1.32 bits per heavy atom. The van der Waals surface area contributed by atoms with Gasteiger partial charge in [-0.15, -0.1) is 12.4 Å². The summed E-state index contributed by atoms with van der Waals surface area (Å²) in [6.45, 7) is 2.75. The Kier molecular flexibility index (Phi) is 6.50. The molecule has 3 rings (SSSR count). The third-order valence-electron chi connectivity index (χ3n) is 4.24. The number of halogens is 2. The van der Waals surface area contributed by atoms with E-state index in [4.69, 9.17) is 16.3 Å². The average molecular weight is 345 g/mol. The standard InChI is InChI=1S/C16H21ClN2O2.ClH/c17-13-6-2-1-5-12(13)15-11-19(9-10-21-15)16(20)14-7-3-4-8-18-14;/h1-2,5-6,14-15,18H,3-4,7-11H2;1H. The molecule has 2 unspecified atom stereocenters. The first-order valence-electron chi connectivity index (χ1n) is 7.64. The second-order valence-electron chi connectivity index (χ2n) is 5.67. The molecule has 6 heteroatoms. The van der Waals surface area contributed by atoms with E-state index in [-0.39, 0.29) is 30.5 Å². The summed E-state index contributed by atoms with van der Waals surface area (Å²) >= 11 is 6.24. The van der Waals surface area contributed by atoms with Gasteiger partial charge >= 0.3 is 0 Å². The van der Waals surface area contributed by atoms with Crippen LogP contribution in [-0.4, -0.2) is 43.1 Å². The molecule has 122 valence electrons. The van der Waals surface area contributed by atoms with Crippen LogP contribution in [0.1, 0.15) is 30.9 Å². The number of rotatable bonds is 2. The molecule has 0 spiro atoms. The zero-order chi connectivity index (χ0) is 14.7. The van der Waals surface area contributed by atoms with E-state index in [0.717, 1.165) is 31.4 Å². The van der Waals surface area contributed by atoms with E-state index in [0.29, 0.717) is 24.7 Å². The van der Waals surface area contributed by atoms with Crippen LogP contribution < -0.4 is 5.32 Å². The van der Waals surface area contributed by atoms with Gasteiger partial charge in [0.15, 0.2) is 0 Å². The van der Waals surface area contributed by atoms with E-state index in [1.165, 1.54) is 0 Å². The number of hydrogen-bond acceptors (Lipinski definition) is 3. The number of nitrogens with one attached hydrogen (secondary N) is 1. The summed E-state index contributed by atoms with van der Waals surface area (Å²) in [5, 5.41) is 4.03. The van der Waals surface area contributed by atoms with E-state index in [2.05, 4.69) is 5.32 Å². The van der Waals surface area contributed by atoms with Crippen LogP contribution in [0.3, 0.4) is 0 Å². The van der Waals surface area contributed by atoms with Crippen molar-refractivity contribution in [2.45, 2.75) is 31.4 Å². The van der Waals surface area contributed by atoms with Gasteiger partial charge in [-0.1, -0.05) is 36.2 Å². The van der Waals surface area contributed by atoms with Crippen molar-refractivity contribution in [3.63, 3.8) is 0 Å². The molecule has 2 atom stereocenters. The van der Waals surface area contributed by atoms with Crippen molar-refractivity contribution < 1.29 is 9.53 Å². The fourth-order valence-electron chi connectivity index (χ4n) is 3.06. The zero-order valence-electron chi connectivity index (χ0n) is 12.5. The fourth-order valence-corrected chi connectivity index (χ4v) is 3.31. The van der Waals surface area contributed by atoms with E-state index in [1.54, 1.807) is 0 Å². The van der Waals surface area contributed by atoms with Gasteiger partial charge in [-0.25, -0.2) is 0 Å². The monoisotopic (exact) mass is 344 g/mol. The predicted octanol–water partition coefficient (Wildman–Crippen LogP) is 2.80. The summed E-state index contributed by atoms with van der Waals surface area (Å²) in [5.41, 5.74) is 0.966. The SMILES string of the molecule is Cl.O=C(C1CCCCN1)N1CCOC(c2ccccc2Cl)C1. The summed E-state index contributed by atoms with van der Waals surface area (Å²) in [7, 11) is 0. The number of ether oxygens (including phenoxy) is 1. The van der Waals surface area contributed by atoms with Crippen molar-refractivity contribution in [1.82, 2.24) is 10.2 Å². The molecule has 2 heterocycles. The maximum Gasteiger partial charge on any atom is 0.239 e. The van der Waals surface area contributed by atoms with E-state index >= 15 is 0 Å². The van der Waals surface area contributed by atoms with Gasteiger partial charge in [0.25, 0.3) is 0 Å². The third kappa shape index (κ3) is 3.93. The van der Waals surface area contributed by atoms with Gasteiger partial charge in [0.1, 0.15) is 6.10 Å². The van der Waals surface area contributed by atoms with Crippen LogP contribution in [0.2, 0.25) is 5.02 Å². The lowest BCUT2D eigenvalue weighted by Gasteiger charge is -2.36. The highest BCUT2D eigenvalue weighted by Gasteiger charge is 2.31. The number of morpholine rings is 1. The predicted molar refractivity (Wildman–Crippen MR) is 89.6 cm³/mol.